The van der Waals surface area contributed by atoms with Gasteiger partial charge in [0.2, 0.25) is 5.91 Å². The van der Waals surface area contributed by atoms with Gasteiger partial charge in [-0.25, -0.2) is 9.59 Å². The summed E-state index contributed by atoms with van der Waals surface area (Å²) in [5.41, 5.74) is 4.79. The van der Waals surface area contributed by atoms with E-state index in [-0.39, 0.29) is 29.5 Å². The van der Waals surface area contributed by atoms with Crippen molar-refractivity contribution in [2.75, 3.05) is 18.2 Å². The van der Waals surface area contributed by atoms with Crippen LogP contribution in [0.2, 0.25) is 0 Å². The average molecular weight is 392 g/mol. The lowest BCUT2D eigenvalue weighted by Gasteiger charge is -2.49. The monoisotopic (exact) mass is 391 g/mol. The van der Waals surface area contributed by atoms with Gasteiger partial charge in [-0.15, -0.1) is 23.4 Å². The number of nitrogens with two attached hydrogens (primary N) is 1. The number of carbonyl (C=O) groups excluding carboxylic acids is 4. The number of ketones is 1. The molecule has 1 fully saturated rings. The molecule has 0 radical (unpaired) electrons. The minimum Gasteiger partial charge on any atom is -0.477 e. The number of alkyl halides is 1. The lowest BCUT2D eigenvalue weighted by molar-refractivity contribution is -0.151. The first-order valence-electron chi connectivity index (χ1n) is 6.95. The molecule has 10 nitrogen and oxygen atoms in total. The fourth-order valence-electron chi connectivity index (χ4n) is 2.40. The third kappa shape index (κ3) is 4.04. The Labute approximate surface area is 150 Å². The van der Waals surface area contributed by atoms with Gasteiger partial charge in [-0.2, -0.15) is 0 Å². The van der Waals surface area contributed by atoms with E-state index in [9.17, 15) is 29.1 Å². The van der Waals surface area contributed by atoms with Crippen molar-refractivity contribution in [3.63, 3.8) is 0 Å². The summed E-state index contributed by atoms with van der Waals surface area (Å²) in [6.45, 7) is -0.346. The molecule has 0 aromatic heterocycles. The number of primary amides is 1. The van der Waals surface area contributed by atoms with E-state index < -0.39 is 47.5 Å². The number of carbonyl (C=O) groups is 5. The predicted octanol–water partition coefficient (Wildman–Crippen LogP) is -0.982. The number of carboxylic acids is 1. The number of β-lactam (4-membered cyclic amide) rings is 1. The summed E-state index contributed by atoms with van der Waals surface area (Å²) in [5.74, 6) is -3.27. The van der Waals surface area contributed by atoms with Crippen molar-refractivity contribution >= 4 is 53.0 Å². The number of hydrogen-bond donors (Lipinski definition) is 3. The summed E-state index contributed by atoms with van der Waals surface area (Å²) in [7, 11) is 0. The first-order chi connectivity index (χ1) is 11.8. The lowest BCUT2D eigenvalue weighted by Crippen LogP contribution is -2.70. The van der Waals surface area contributed by atoms with Crippen LogP contribution in [-0.2, 0) is 23.9 Å². The molecule has 0 aromatic carbocycles. The summed E-state index contributed by atoms with van der Waals surface area (Å²) in [5, 5.41) is 11.1. The van der Waals surface area contributed by atoms with E-state index in [0.29, 0.717) is 0 Å². The maximum atomic E-state index is 12.2. The van der Waals surface area contributed by atoms with Gasteiger partial charge in [-0.05, 0) is 0 Å². The molecule has 2 heterocycles. The lowest BCUT2D eigenvalue weighted by atomic mass is 10.0. The summed E-state index contributed by atoms with van der Waals surface area (Å²) >= 11 is 6.52. The van der Waals surface area contributed by atoms with Crippen molar-refractivity contribution in [3.05, 3.63) is 11.3 Å². The Balaban J connectivity index is 2.10. The van der Waals surface area contributed by atoms with Gasteiger partial charge in [-0.3, -0.25) is 19.3 Å². The largest absolute Gasteiger partial charge is 0.477 e. The number of nitrogens with one attached hydrogen (secondary N) is 1. The van der Waals surface area contributed by atoms with Gasteiger partial charge in [0.15, 0.2) is 5.78 Å². The van der Waals surface area contributed by atoms with E-state index >= 15 is 0 Å². The summed E-state index contributed by atoms with van der Waals surface area (Å²) in [6, 6.07) is -0.936. The minimum atomic E-state index is -1.36. The molecular formula is C13H14ClN3O7S. The van der Waals surface area contributed by atoms with Crippen molar-refractivity contribution in [3.8, 4) is 0 Å². The van der Waals surface area contributed by atoms with Crippen LogP contribution in [0.4, 0.5) is 4.79 Å². The summed E-state index contributed by atoms with van der Waals surface area (Å²) < 4.78 is 4.60. The SMILES string of the molecule is NC(=O)OCC1=C(C(=O)O)N2C(=O)C(NC(=O)CC(=O)CCl)[C@@H]2SC1. The van der Waals surface area contributed by atoms with Crippen LogP contribution in [0.5, 0.6) is 0 Å². The highest BCUT2D eigenvalue weighted by molar-refractivity contribution is 8.00. The molecular weight excluding hydrogens is 378 g/mol. The van der Waals surface area contributed by atoms with Gasteiger partial charge in [-0.1, -0.05) is 0 Å². The molecule has 1 saturated heterocycles. The van der Waals surface area contributed by atoms with E-state index in [1.807, 2.05) is 0 Å². The molecule has 12 heteroatoms. The van der Waals surface area contributed by atoms with Gasteiger partial charge in [0.25, 0.3) is 5.91 Å². The van der Waals surface area contributed by atoms with Crippen molar-refractivity contribution in [2.45, 2.75) is 17.8 Å². The minimum absolute atomic E-state index is 0.177. The molecule has 2 atom stereocenters. The van der Waals surface area contributed by atoms with Gasteiger partial charge >= 0.3 is 12.1 Å². The number of nitrogens with zero attached hydrogens (tertiary/aromatic N) is 1. The van der Waals surface area contributed by atoms with Gasteiger partial charge in [0.1, 0.15) is 23.7 Å². The third-order valence-electron chi connectivity index (χ3n) is 3.46. The van der Waals surface area contributed by atoms with E-state index in [4.69, 9.17) is 17.3 Å². The van der Waals surface area contributed by atoms with Crippen LogP contribution in [0, 0.1) is 0 Å². The fourth-order valence-corrected chi connectivity index (χ4v) is 3.83. The first-order valence-corrected chi connectivity index (χ1v) is 8.53. The van der Waals surface area contributed by atoms with Gasteiger partial charge in [0.05, 0.1) is 12.3 Å². The second-order valence-electron chi connectivity index (χ2n) is 5.17. The number of amides is 3. The molecule has 0 aromatic rings. The number of carboxylic acid groups (broad SMARTS) is 1. The fraction of sp³-hybridized carbons (Fsp3) is 0.462. The molecule has 2 aliphatic heterocycles. The molecule has 0 saturated carbocycles. The summed E-state index contributed by atoms with van der Waals surface area (Å²) in [4.78, 5) is 58.3. The van der Waals surface area contributed by atoms with E-state index in [1.54, 1.807) is 0 Å². The van der Waals surface area contributed by atoms with Crippen molar-refractivity contribution in [1.29, 1.82) is 0 Å². The smallest absolute Gasteiger partial charge is 0.404 e. The number of halogens is 1. The number of thioether (sulfide) groups is 1. The highest BCUT2D eigenvalue weighted by atomic mass is 35.5. The first kappa shape index (κ1) is 19.1. The van der Waals surface area contributed by atoms with Crippen molar-refractivity contribution in [1.82, 2.24) is 10.2 Å². The Kier molecular flexibility index (Phi) is 5.90. The van der Waals surface area contributed by atoms with E-state index in [1.165, 1.54) is 11.8 Å². The highest BCUT2D eigenvalue weighted by Gasteiger charge is 2.54. The second-order valence-corrected chi connectivity index (χ2v) is 6.54. The quantitative estimate of drug-likeness (QED) is 0.284. The highest BCUT2D eigenvalue weighted by Crippen LogP contribution is 2.40. The Morgan fingerprint density at radius 2 is 2.08 bits per heavy atom. The second kappa shape index (κ2) is 7.74. The normalized spacial score (nSPS) is 22.0. The maximum Gasteiger partial charge on any atom is 0.404 e. The summed E-state index contributed by atoms with van der Waals surface area (Å²) in [6.07, 6.45) is -1.52. The Morgan fingerprint density at radius 3 is 2.64 bits per heavy atom. The van der Waals surface area contributed by atoms with Crippen LogP contribution < -0.4 is 11.1 Å². The number of fused-ring (bicyclic) bond motifs is 1. The molecule has 0 bridgehead atoms. The molecule has 1 unspecified atom stereocenters. The number of rotatable bonds is 7. The van der Waals surface area contributed by atoms with Crippen molar-refractivity contribution < 1.29 is 33.8 Å². The van der Waals surface area contributed by atoms with Gasteiger partial charge in [0, 0.05) is 11.3 Å². The number of ether oxygens (including phenoxy) is 1. The molecule has 25 heavy (non-hydrogen) atoms. The molecule has 2 aliphatic rings. The zero-order valence-corrected chi connectivity index (χ0v) is 14.3. The standard InChI is InChI=1S/C13H14ClN3O7S/c14-2-6(18)1-7(19)16-8-10(20)17-9(12(21)22)5(3-24-13(15)23)4-25-11(8)17/h8,11H,1-4H2,(H2,15,23)(H,16,19)(H,21,22)/t8?,11-/m0/s1. The Morgan fingerprint density at radius 1 is 1.40 bits per heavy atom. The van der Waals surface area contributed by atoms with Crippen molar-refractivity contribution in [2.24, 2.45) is 5.73 Å². The zero-order valence-electron chi connectivity index (χ0n) is 12.7. The predicted molar refractivity (Wildman–Crippen MR) is 85.6 cm³/mol. The van der Waals surface area contributed by atoms with Crippen LogP contribution in [0.3, 0.4) is 0 Å². The molecule has 4 N–H and O–H groups in total. The number of hydrogen-bond acceptors (Lipinski definition) is 7. The molecule has 136 valence electrons. The average Bonchev–Trinajstić information content (AvgIpc) is 2.56. The van der Waals surface area contributed by atoms with Crippen LogP contribution in [0.25, 0.3) is 0 Å². The van der Waals surface area contributed by atoms with E-state index in [2.05, 4.69) is 10.1 Å². The van der Waals surface area contributed by atoms with E-state index in [0.717, 1.165) is 4.90 Å². The van der Waals surface area contributed by atoms with Gasteiger partial charge < -0.3 is 20.9 Å². The van der Waals surface area contributed by atoms with Crippen LogP contribution in [-0.4, -0.2) is 69.3 Å². The zero-order chi connectivity index (χ0) is 18.7. The van der Waals surface area contributed by atoms with Crippen LogP contribution in [0.1, 0.15) is 6.42 Å². The Hall–Kier alpha value is -2.27. The molecule has 0 spiro atoms. The van der Waals surface area contributed by atoms with Crippen LogP contribution in [0.15, 0.2) is 11.3 Å². The topological polar surface area (TPSA) is 156 Å². The Bertz CT molecular complexity index is 681. The number of Topliss-reactive ketones (excluding diaryl/α,β-unsaturated/α-hetero) is 1. The van der Waals surface area contributed by atoms with Crippen LogP contribution >= 0.6 is 23.4 Å². The molecule has 2 rings (SSSR count). The number of aliphatic carboxylic acids is 1. The molecule has 3 amide bonds. The maximum absolute atomic E-state index is 12.2. The third-order valence-corrected chi connectivity index (χ3v) is 5.10. The molecule has 0 aliphatic carbocycles.